The van der Waals surface area contributed by atoms with Gasteiger partial charge in [-0.05, 0) is 47.0 Å². The zero-order valence-corrected chi connectivity index (χ0v) is 24.6. The normalized spacial score (nSPS) is 13.4. The van der Waals surface area contributed by atoms with Crippen LogP contribution in [0.2, 0.25) is 0 Å². The summed E-state index contributed by atoms with van der Waals surface area (Å²) in [7, 11) is 1.41. The second kappa shape index (κ2) is 9.64. The second-order valence-corrected chi connectivity index (χ2v) is 12.5. The fraction of sp³-hybridized carbons (Fsp3) is 0.194. The molecule has 0 bridgehead atoms. The Hall–Kier alpha value is -4.35. The molecular weight excluding hydrogens is 524 g/mol. The van der Waals surface area contributed by atoms with Crippen molar-refractivity contribution in [3.63, 3.8) is 0 Å². The smallest absolute Gasteiger partial charge is 0.337 e. The largest absolute Gasteiger partial charge is 0.465 e. The standard InChI is InChI=1S/C36H32N2O2S/c1-23-5-7-25(8-6-23)20-38-22-30-32(34-31(38)16-18-41-34)29-14-13-27-21-37(17-15-28(27)33(29)36(30,2)3)19-24-9-11-26(12-10-24)35(39)40-4/h5-18,21-22H,19-20H2,1-4H3/q+2. The minimum Gasteiger partial charge on any atom is -0.465 e. The van der Waals surface area contributed by atoms with Crippen molar-refractivity contribution >= 4 is 38.3 Å². The third-order valence-electron chi connectivity index (χ3n) is 8.53. The lowest BCUT2D eigenvalue weighted by Gasteiger charge is -2.21. The Balaban J connectivity index is 1.29. The van der Waals surface area contributed by atoms with Crippen LogP contribution in [0.3, 0.4) is 0 Å². The number of fused-ring (bicyclic) bond motifs is 7. The molecular formula is C36H32N2O2S+2. The van der Waals surface area contributed by atoms with Gasteiger partial charge in [-0.2, -0.15) is 4.57 Å². The van der Waals surface area contributed by atoms with E-state index >= 15 is 0 Å². The molecule has 0 fully saturated rings. The first kappa shape index (κ1) is 25.6. The number of ether oxygens (including phenoxy) is 1. The van der Waals surface area contributed by atoms with Crippen LogP contribution in [0.15, 0.2) is 96.8 Å². The van der Waals surface area contributed by atoms with E-state index in [9.17, 15) is 4.79 Å². The molecule has 0 aliphatic heterocycles. The van der Waals surface area contributed by atoms with Gasteiger partial charge in [0.05, 0.1) is 12.7 Å². The summed E-state index contributed by atoms with van der Waals surface area (Å²) in [5, 5.41) is 4.76. The molecule has 0 atom stereocenters. The monoisotopic (exact) mass is 556 g/mol. The van der Waals surface area contributed by atoms with Crippen LogP contribution in [-0.4, -0.2) is 13.1 Å². The fourth-order valence-corrected chi connectivity index (χ4v) is 7.38. The first-order valence-corrected chi connectivity index (χ1v) is 14.8. The minimum absolute atomic E-state index is 0.132. The van der Waals surface area contributed by atoms with Gasteiger partial charge in [0.15, 0.2) is 31.7 Å². The zero-order valence-electron chi connectivity index (χ0n) is 23.8. The average molecular weight is 557 g/mol. The molecule has 1 aliphatic carbocycles. The molecule has 5 heteroatoms. The minimum atomic E-state index is -0.312. The third-order valence-corrected chi connectivity index (χ3v) is 9.45. The van der Waals surface area contributed by atoms with E-state index in [1.165, 1.54) is 61.5 Å². The van der Waals surface area contributed by atoms with Crippen LogP contribution in [0.5, 0.6) is 0 Å². The van der Waals surface area contributed by atoms with E-state index in [-0.39, 0.29) is 11.4 Å². The highest BCUT2D eigenvalue weighted by molar-refractivity contribution is 7.17. The van der Waals surface area contributed by atoms with Crippen LogP contribution in [0.4, 0.5) is 0 Å². The molecule has 3 aromatic carbocycles. The third kappa shape index (κ3) is 4.23. The molecule has 202 valence electrons. The summed E-state index contributed by atoms with van der Waals surface area (Å²) in [6.45, 7) is 8.47. The molecule has 0 saturated heterocycles. The number of benzene rings is 3. The van der Waals surface area contributed by atoms with E-state index in [1.807, 2.05) is 35.6 Å². The molecule has 4 nitrogen and oxygen atoms in total. The number of esters is 1. The van der Waals surface area contributed by atoms with Crippen molar-refractivity contribution in [1.82, 2.24) is 0 Å². The molecule has 3 heterocycles. The van der Waals surface area contributed by atoms with Crippen molar-refractivity contribution in [2.45, 2.75) is 39.3 Å². The number of hydrogen-bond donors (Lipinski definition) is 0. The van der Waals surface area contributed by atoms with Gasteiger partial charge in [0.1, 0.15) is 4.70 Å². The van der Waals surface area contributed by atoms with Gasteiger partial charge in [0.25, 0.3) is 0 Å². The Morgan fingerprint density at radius 3 is 2.37 bits per heavy atom. The van der Waals surface area contributed by atoms with E-state index < -0.39 is 0 Å². The summed E-state index contributed by atoms with van der Waals surface area (Å²) >= 11 is 1.84. The molecule has 0 radical (unpaired) electrons. The topological polar surface area (TPSA) is 34.1 Å². The number of thiophene rings is 1. The Labute approximate surface area is 244 Å². The van der Waals surface area contributed by atoms with Gasteiger partial charge in [-0.25, -0.2) is 9.36 Å². The molecule has 0 amide bonds. The summed E-state index contributed by atoms with van der Waals surface area (Å²) in [4.78, 5) is 11.8. The highest BCUT2D eigenvalue weighted by Gasteiger charge is 2.41. The maximum absolute atomic E-state index is 11.8. The van der Waals surface area contributed by atoms with Crippen LogP contribution in [0, 0.1) is 6.92 Å². The van der Waals surface area contributed by atoms with Gasteiger partial charge in [-0.15, -0.1) is 11.3 Å². The average Bonchev–Trinajstić information content (AvgIpc) is 3.55. The van der Waals surface area contributed by atoms with E-state index in [0.29, 0.717) is 5.56 Å². The van der Waals surface area contributed by atoms with Crippen molar-refractivity contribution in [2.75, 3.05) is 7.11 Å². The van der Waals surface area contributed by atoms with E-state index in [0.717, 1.165) is 18.7 Å². The first-order chi connectivity index (χ1) is 19.8. The van der Waals surface area contributed by atoms with Crippen molar-refractivity contribution < 1.29 is 18.7 Å². The number of rotatable bonds is 5. The summed E-state index contributed by atoms with van der Waals surface area (Å²) in [6.07, 6.45) is 6.81. The van der Waals surface area contributed by atoms with Crippen LogP contribution in [-0.2, 0) is 23.2 Å². The number of aromatic nitrogens is 2. The Kier molecular flexibility index (Phi) is 6.02. The fourth-order valence-electron chi connectivity index (χ4n) is 6.40. The molecule has 0 spiro atoms. The lowest BCUT2D eigenvalue weighted by atomic mass is 9.81. The number of hydrogen-bond acceptors (Lipinski definition) is 3. The van der Waals surface area contributed by atoms with E-state index in [1.54, 1.807) is 0 Å². The van der Waals surface area contributed by atoms with Crippen molar-refractivity contribution in [2.24, 2.45) is 0 Å². The number of pyridine rings is 2. The molecule has 6 aromatic rings. The highest BCUT2D eigenvalue weighted by atomic mass is 32.1. The Bertz CT molecular complexity index is 1970. The second-order valence-electron chi connectivity index (χ2n) is 11.6. The van der Waals surface area contributed by atoms with Crippen molar-refractivity contribution in [3.05, 3.63) is 130 Å². The zero-order chi connectivity index (χ0) is 28.3. The summed E-state index contributed by atoms with van der Waals surface area (Å²) in [6, 6.07) is 25.6. The molecule has 0 N–H and O–H groups in total. The van der Waals surface area contributed by atoms with Crippen LogP contribution in [0.1, 0.15) is 52.0 Å². The number of methoxy groups -OCH3 is 1. The summed E-state index contributed by atoms with van der Waals surface area (Å²) in [5.74, 6) is -0.312. The quantitative estimate of drug-likeness (QED) is 0.167. The predicted octanol–water partition coefficient (Wildman–Crippen LogP) is 7.13. The maximum Gasteiger partial charge on any atom is 0.337 e. The highest BCUT2D eigenvalue weighted by Crippen LogP contribution is 2.53. The molecule has 0 saturated carbocycles. The van der Waals surface area contributed by atoms with Gasteiger partial charge in [-0.1, -0.05) is 61.9 Å². The Morgan fingerprint density at radius 2 is 1.61 bits per heavy atom. The van der Waals surface area contributed by atoms with Gasteiger partial charge in [0, 0.05) is 45.2 Å². The van der Waals surface area contributed by atoms with Crippen LogP contribution < -0.4 is 9.13 Å². The molecule has 0 unspecified atom stereocenters. The Morgan fingerprint density at radius 1 is 0.878 bits per heavy atom. The molecule has 7 rings (SSSR count). The van der Waals surface area contributed by atoms with Gasteiger partial charge >= 0.3 is 5.97 Å². The number of aryl methyl sites for hydroxylation is 1. The lowest BCUT2D eigenvalue weighted by Crippen LogP contribution is -2.36. The van der Waals surface area contributed by atoms with Gasteiger partial charge in [0.2, 0.25) is 5.52 Å². The number of carbonyl (C=O) groups is 1. The van der Waals surface area contributed by atoms with Crippen molar-refractivity contribution in [3.8, 4) is 11.1 Å². The number of carbonyl (C=O) groups excluding carboxylic acids is 1. The van der Waals surface area contributed by atoms with Gasteiger partial charge in [-0.3, -0.25) is 0 Å². The van der Waals surface area contributed by atoms with Crippen LogP contribution in [0.25, 0.3) is 32.1 Å². The van der Waals surface area contributed by atoms with Crippen molar-refractivity contribution in [1.29, 1.82) is 0 Å². The lowest BCUT2D eigenvalue weighted by molar-refractivity contribution is -0.687. The van der Waals surface area contributed by atoms with Gasteiger partial charge < -0.3 is 4.74 Å². The van der Waals surface area contributed by atoms with E-state index in [2.05, 4.69) is 102 Å². The number of nitrogens with zero attached hydrogens (tertiary/aromatic N) is 2. The molecule has 3 aromatic heterocycles. The summed E-state index contributed by atoms with van der Waals surface area (Å²) in [5.41, 5.74) is 11.0. The van der Waals surface area contributed by atoms with Crippen LogP contribution >= 0.6 is 11.3 Å². The molecule has 1 aliphatic rings. The SMILES string of the molecule is COC(=O)c1ccc(C[n+]2ccc3c4c(ccc3c2)-c2c(c[n+](Cc3ccc(C)cc3)c3ccsc23)C4(C)C)cc1. The maximum atomic E-state index is 11.8. The molecule has 41 heavy (non-hydrogen) atoms. The van der Waals surface area contributed by atoms with E-state index in [4.69, 9.17) is 4.74 Å². The first-order valence-electron chi connectivity index (χ1n) is 14.0. The predicted molar refractivity (Wildman–Crippen MR) is 164 cm³/mol. The summed E-state index contributed by atoms with van der Waals surface area (Å²) < 4.78 is 10.8.